The van der Waals surface area contributed by atoms with Gasteiger partial charge in [0.1, 0.15) is 5.82 Å². The summed E-state index contributed by atoms with van der Waals surface area (Å²) >= 11 is 3.28. The molecule has 0 bridgehead atoms. The Kier molecular flexibility index (Phi) is 2.65. The average Bonchev–Trinajstić information content (AvgIpc) is 1.95. The van der Waals surface area contributed by atoms with Gasteiger partial charge in [0.05, 0.1) is 0 Å². The fourth-order valence-electron chi connectivity index (χ4n) is 1.50. The molecule has 0 amide bonds. The molecule has 0 spiro atoms. The molecular formula is C10H11BrFN. The van der Waals surface area contributed by atoms with Crippen LogP contribution >= 0.6 is 15.9 Å². The van der Waals surface area contributed by atoms with Crippen molar-refractivity contribution < 1.29 is 4.39 Å². The van der Waals surface area contributed by atoms with Crippen molar-refractivity contribution in [1.82, 2.24) is 4.90 Å². The molecule has 0 aliphatic carbocycles. The van der Waals surface area contributed by atoms with Gasteiger partial charge in [-0.15, -0.1) is 0 Å². The van der Waals surface area contributed by atoms with Gasteiger partial charge in [-0.05, 0) is 43.3 Å². The van der Waals surface area contributed by atoms with E-state index >= 15 is 0 Å². The van der Waals surface area contributed by atoms with E-state index in [4.69, 9.17) is 0 Å². The fraction of sp³-hybridized carbons (Fsp3) is 0.400. The highest BCUT2D eigenvalue weighted by Gasteiger charge is 2.13. The summed E-state index contributed by atoms with van der Waals surface area (Å²) in [5.41, 5.74) is 1.05. The molecule has 13 heavy (non-hydrogen) atoms. The van der Waals surface area contributed by atoms with Crippen LogP contribution in [-0.2, 0) is 6.54 Å². The van der Waals surface area contributed by atoms with Crippen molar-refractivity contribution in [2.24, 2.45) is 0 Å². The number of benzene rings is 1. The summed E-state index contributed by atoms with van der Waals surface area (Å²) in [5, 5.41) is 0. The molecule has 1 aliphatic rings. The van der Waals surface area contributed by atoms with Crippen molar-refractivity contribution in [3.05, 3.63) is 34.1 Å². The van der Waals surface area contributed by atoms with Crippen LogP contribution in [0.2, 0.25) is 0 Å². The number of likely N-dealkylation sites (tertiary alicyclic amines) is 1. The zero-order valence-corrected chi connectivity index (χ0v) is 8.85. The average molecular weight is 244 g/mol. The first-order valence-corrected chi connectivity index (χ1v) is 5.21. The summed E-state index contributed by atoms with van der Waals surface area (Å²) in [6, 6.07) is 5.06. The van der Waals surface area contributed by atoms with E-state index in [2.05, 4.69) is 20.8 Å². The van der Waals surface area contributed by atoms with E-state index in [9.17, 15) is 4.39 Å². The normalized spacial score (nSPS) is 17.1. The van der Waals surface area contributed by atoms with Crippen LogP contribution in [0.25, 0.3) is 0 Å². The monoisotopic (exact) mass is 243 g/mol. The van der Waals surface area contributed by atoms with Crippen LogP contribution in [0, 0.1) is 5.82 Å². The molecule has 1 aliphatic heterocycles. The Morgan fingerprint density at radius 1 is 1.31 bits per heavy atom. The maximum absolute atomic E-state index is 13.0. The summed E-state index contributed by atoms with van der Waals surface area (Å²) in [5.74, 6) is -0.162. The maximum Gasteiger partial charge on any atom is 0.124 e. The second-order valence-electron chi connectivity index (χ2n) is 3.41. The van der Waals surface area contributed by atoms with Crippen molar-refractivity contribution in [3.8, 4) is 0 Å². The Bertz CT molecular complexity index is 290. The third kappa shape index (κ3) is 2.29. The molecule has 1 aromatic rings. The number of halogens is 2. The molecule has 0 atom stereocenters. The lowest BCUT2D eigenvalue weighted by atomic mass is 10.1. The Balaban J connectivity index is 2.10. The molecular weight excluding hydrogens is 233 g/mol. The van der Waals surface area contributed by atoms with Crippen molar-refractivity contribution in [2.75, 3.05) is 13.1 Å². The van der Waals surface area contributed by atoms with E-state index in [1.54, 1.807) is 6.07 Å². The minimum atomic E-state index is -0.162. The highest BCUT2D eigenvalue weighted by Crippen LogP contribution is 2.18. The third-order valence-corrected chi connectivity index (χ3v) is 2.74. The van der Waals surface area contributed by atoms with Gasteiger partial charge in [-0.2, -0.15) is 0 Å². The zero-order valence-electron chi connectivity index (χ0n) is 7.26. The molecule has 1 saturated heterocycles. The van der Waals surface area contributed by atoms with Gasteiger partial charge in [0.15, 0.2) is 0 Å². The van der Waals surface area contributed by atoms with Crippen LogP contribution in [0.15, 0.2) is 22.7 Å². The first kappa shape index (κ1) is 9.16. The van der Waals surface area contributed by atoms with Gasteiger partial charge in [-0.1, -0.05) is 15.9 Å². The lowest BCUT2D eigenvalue weighted by Crippen LogP contribution is -2.36. The van der Waals surface area contributed by atoms with Crippen LogP contribution in [-0.4, -0.2) is 18.0 Å². The summed E-state index contributed by atoms with van der Waals surface area (Å²) in [7, 11) is 0. The summed E-state index contributed by atoms with van der Waals surface area (Å²) in [6.45, 7) is 3.17. The molecule has 70 valence electrons. The largest absolute Gasteiger partial charge is 0.299 e. The van der Waals surface area contributed by atoms with Crippen LogP contribution in [0.4, 0.5) is 4.39 Å². The van der Waals surface area contributed by atoms with Crippen LogP contribution in [0.1, 0.15) is 12.0 Å². The summed E-state index contributed by atoms with van der Waals surface area (Å²) in [6.07, 6.45) is 1.27. The van der Waals surface area contributed by atoms with Crippen molar-refractivity contribution in [1.29, 1.82) is 0 Å². The molecule has 2 rings (SSSR count). The molecule has 3 heteroatoms. The maximum atomic E-state index is 13.0. The third-order valence-electron chi connectivity index (χ3n) is 2.28. The van der Waals surface area contributed by atoms with Gasteiger partial charge in [-0.3, -0.25) is 4.90 Å². The standard InChI is InChI=1S/C10H11BrFN/c11-9-4-8(5-10(12)6-9)7-13-2-1-3-13/h4-6H,1-3,7H2. The van der Waals surface area contributed by atoms with Crippen LogP contribution < -0.4 is 0 Å². The van der Waals surface area contributed by atoms with Gasteiger partial charge in [0.2, 0.25) is 0 Å². The number of nitrogens with zero attached hydrogens (tertiary/aromatic N) is 1. The smallest absolute Gasteiger partial charge is 0.124 e. The Labute approximate surface area is 85.7 Å². The molecule has 0 saturated carbocycles. The SMILES string of the molecule is Fc1cc(Br)cc(CN2CCC2)c1. The second kappa shape index (κ2) is 3.76. The highest BCUT2D eigenvalue weighted by atomic mass is 79.9. The molecule has 0 aromatic heterocycles. The van der Waals surface area contributed by atoms with E-state index in [1.165, 1.54) is 12.5 Å². The van der Waals surface area contributed by atoms with Crippen LogP contribution in [0.5, 0.6) is 0 Å². The molecule has 1 fully saturated rings. The van der Waals surface area contributed by atoms with Gasteiger partial charge in [0, 0.05) is 11.0 Å². The summed E-state index contributed by atoms with van der Waals surface area (Å²) in [4.78, 5) is 2.31. The quantitative estimate of drug-likeness (QED) is 0.773. The van der Waals surface area contributed by atoms with Crippen molar-refractivity contribution in [2.45, 2.75) is 13.0 Å². The minimum absolute atomic E-state index is 0.162. The van der Waals surface area contributed by atoms with Gasteiger partial charge >= 0.3 is 0 Å². The topological polar surface area (TPSA) is 3.24 Å². The molecule has 1 aromatic carbocycles. The Morgan fingerprint density at radius 3 is 2.62 bits per heavy atom. The molecule has 0 unspecified atom stereocenters. The lowest BCUT2D eigenvalue weighted by molar-refractivity contribution is 0.172. The predicted octanol–water partition coefficient (Wildman–Crippen LogP) is 2.79. The van der Waals surface area contributed by atoms with Gasteiger partial charge < -0.3 is 0 Å². The minimum Gasteiger partial charge on any atom is -0.299 e. The fourth-order valence-corrected chi connectivity index (χ4v) is 2.01. The highest BCUT2D eigenvalue weighted by molar-refractivity contribution is 9.10. The number of hydrogen-bond donors (Lipinski definition) is 0. The van der Waals surface area contributed by atoms with E-state index in [0.29, 0.717) is 0 Å². The van der Waals surface area contributed by atoms with Crippen molar-refractivity contribution >= 4 is 15.9 Å². The first-order chi connectivity index (χ1) is 6.24. The molecule has 1 nitrogen and oxygen atoms in total. The zero-order chi connectivity index (χ0) is 9.26. The van der Waals surface area contributed by atoms with E-state index < -0.39 is 0 Å². The number of rotatable bonds is 2. The lowest BCUT2D eigenvalue weighted by Gasteiger charge is -2.30. The molecule has 0 radical (unpaired) electrons. The Morgan fingerprint density at radius 2 is 2.08 bits per heavy atom. The van der Waals surface area contributed by atoms with E-state index in [-0.39, 0.29) is 5.82 Å². The predicted molar refractivity (Wildman–Crippen MR) is 54.0 cm³/mol. The van der Waals surface area contributed by atoms with Gasteiger partial charge in [-0.25, -0.2) is 4.39 Å². The van der Waals surface area contributed by atoms with E-state index in [0.717, 1.165) is 29.7 Å². The Hall–Kier alpha value is -0.410. The molecule has 0 N–H and O–H groups in total. The number of hydrogen-bond acceptors (Lipinski definition) is 1. The van der Waals surface area contributed by atoms with Crippen LogP contribution in [0.3, 0.4) is 0 Å². The van der Waals surface area contributed by atoms with E-state index in [1.807, 2.05) is 6.07 Å². The second-order valence-corrected chi connectivity index (χ2v) is 4.32. The van der Waals surface area contributed by atoms with Gasteiger partial charge in [0.25, 0.3) is 0 Å². The molecule has 1 heterocycles. The van der Waals surface area contributed by atoms with Crippen molar-refractivity contribution in [3.63, 3.8) is 0 Å². The summed E-state index contributed by atoms with van der Waals surface area (Å²) < 4.78 is 13.8. The first-order valence-electron chi connectivity index (χ1n) is 4.41.